The molecular formula is C21H31NO3. The van der Waals surface area contributed by atoms with Gasteiger partial charge in [0.2, 0.25) is 0 Å². The molecule has 0 aromatic heterocycles. The van der Waals surface area contributed by atoms with E-state index in [9.17, 15) is 5.11 Å². The lowest BCUT2D eigenvalue weighted by molar-refractivity contribution is -0.141. The van der Waals surface area contributed by atoms with Crippen molar-refractivity contribution in [1.29, 1.82) is 0 Å². The number of ether oxygens (including phenoxy) is 2. The second kappa shape index (κ2) is 7.75. The molecule has 138 valence electrons. The molecule has 2 heterocycles. The van der Waals surface area contributed by atoms with Crippen LogP contribution < -0.4 is 0 Å². The van der Waals surface area contributed by atoms with Gasteiger partial charge in [-0.05, 0) is 37.2 Å². The van der Waals surface area contributed by atoms with Crippen LogP contribution in [0.3, 0.4) is 0 Å². The Bertz CT molecular complexity index is 545. The fourth-order valence-electron chi connectivity index (χ4n) is 5.13. The van der Waals surface area contributed by atoms with Crippen molar-refractivity contribution >= 4 is 0 Å². The summed E-state index contributed by atoms with van der Waals surface area (Å²) in [5.41, 5.74) is 1.59. The van der Waals surface area contributed by atoms with E-state index in [0.29, 0.717) is 13.2 Å². The van der Waals surface area contributed by atoms with Crippen LogP contribution in [0.4, 0.5) is 0 Å². The normalized spacial score (nSPS) is 32.0. The van der Waals surface area contributed by atoms with Crippen molar-refractivity contribution in [2.75, 3.05) is 32.9 Å². The van der Waals surface area contributed by atoms with Crippen LogP contribution in [-0.4, -0.2) is 55.1 Å². The van der Waals surface area contributed by atoms with Gasteiger partial charge in [-0.1, -0.05) is 43.2 Å². The highest BCUT2D eigenvalue weighted by atomic mass is 16.5. The number of fused-ring (bicyclic) bond motifs is 1. The minimum absolute atomic E-state index is 0.152. The highest BCUT2D eigenvalue weighted by Crippen LogP contribution is 2.53. The van der Waals surface area contributed by atoms with Crippen molar-refractivity contribution < 1.29 is 14.6 Å². The lowest BCUT2D eigenvalue weighted by Crippen LogP contribution is -2.67. The lowest BCUT2D eigenvalue weighted by Gasteiger charge is -2.62. The summed E-state index contributed by atoms with van der Waals surface area (Å²) in [7, 11) is 0. The zero-order valence-corrected chi connectivity index (χ0v) is 15.1. The highest BCUT2D eigenvalue weighted by Gasteiger charge is 2.54. The van der Waals surface area contributed by atoms with Gasteiger partial charge in [0.1, 0.15) is 0 Å². The van der Waals surface area contributed by atoms with Crippen LogP contribution in [0.15, 0.2) is 30.3 Å². The first kappa shape index (κ1) is 17.5. The standard InChI is InChI=1S/C21H31NO3/c23-19(16-25-20-9-12-24-13-10-20)15-22-14-18-8-4-5-11-21(18,22)17-6-2-1-3-7-17/h1-3,6-7,18-20,23H,4-5,8-16H2/t18-,19+,21-/m1/s1. The molecular weight excluding hydrogens is 314 g/mol. The minimum atomic E-state index is -0.411. The Balaban J connectivity index is 1.38. The van der Waals surface area contributed by atoms with Crippen molar-refractivity contribution in [2.45, 2.75) is 56.3 Å². The number of rotatable bonds is 6. The van der Waals surface area contributed by atoms with Crippen molar-refractivity contribution in [3.05, 3.63) is 35.9 Å². The molecule has 1 aromatic carbocycles. The molecule has 0 amide bonds. The van der Waals surface area contributed by atoms with E-state index in [1.165, 1.54) is 31.2 Å². The van der Waals surface area contributed by atoms with E-state index in [4.69, 9.17) is 9.47 Å². The van der Waals surface area contributed by atoms with Gasteiger partial charge in [0.05, 0.1) is 24.4 Å². The minimum Gasteiger partial charge on any atom is -0.389 e. The number of aliphatic hydroxyl groups excluding tert-OH is 1. The van der Waals surface area contributed by atoms with E-state index in [1.54, 1.807) is 0 Å². The molecule has 4 heteroatoms. The summed E-state index contributed by atoms with van der Waals surface area (Å²) >= 11 is 0. The molecule has 1 aromatic rings. The van der Waals surface area contributed by atoms with E-state index < -0.39 is 6.10 Å². The maximum atomic E-state index is 10.6. The summed E-state index contributed by atoms with van der Waals surface area (Å²) in [6.45, 7) is 3.84. The molecule has 0 unspecified atom stereocenters. The van der Waals surface area contributed by atoms with Crippen LogP contribution in [0, 0.1) is 5.92 Å². The molecule has 0 radical (unpaired) electrons. The fraction of sp³-hybridized carbons (Fsp3) is 0.714. The quantitative estimate of drug-likeness (QED) is 0.861. The summed E-state index contributed by atoms with van der Waals surface area (Å²) in [5.74, 6) is 0.743. The van der Waals surface area contributed by atoms with Gasteiger partial charge in [0, 0.05) is 26.3 Å². The van der Waals surface area contributed by atoms with Crippen molar-refractivity contribution in [3.63, 3.8) is 0 Å². The van der Waals surface area contributed by atoms with Gasteiger partial charge in [-0.2, -0.15) is 0 Å². The Morgan fingerprint density at radius 2 is 1.96 bits per heavy atom. The van der Waals surface area contributed by atoms with E-state index in [-0.39, 0.29) is 11.6 Å². The molecule has 1 saturated carbocycles. The average molecular weight is 345 g/mol. The van der Waals surface area contributed by atoms with Gasteiger partial charge in [-0.3, -0.25) is 4.90 Å². The number of likely N-dealkylation sites (tertiary alicyclic amines) is 1. The maximum absolute atomic E-state index is 10.6. The highest BCUT2D eigenvalue weighted by molar-refractivity contribution is 5.30. The molecule has 3 atom stereocenters. The summed E-state index contributed by atoms with van der Waals surface area (Å²) in [6, 6.07) is 10.9. The zero-order chi connectivity index (χ0) is 17.1. The maximum Gasteiger partial charge on any atom is 0.0900 e. The van der Waals surface area contributed by atoms with Gasteiger partial charge in [0.15, 0.2) is 0 Å². The van der Waals surface area contributed by atoms with Crippen LogP contribution in [0.1, 0.15) is 44.1 Å². The number of β-amino-alcohol motifs (C(OH)–C–C–N with tert-alkyl or cyclic N) is 1. The van der Waals surface area contributed by atoms with E-state index in [1.807, 2.05) is 0 Å². The monoisotopic (exact) mass is 345 g/mol. The van der Waals surface area contributed by atoms with Gasteiger partial charge in [-0.15, -0.1) is 0 Å². The van der Waals surface area contributed by atoms with Crippen LogP contribution in [0.5, 0.6) is 0 Å². The second-order valence-electron chi connectivity index (χ2n) is 7.94. The molecule has 2 saturated heterocycles. The second-order valence-corrected chi connectivity index (χ2v) is 7.94. The van der Waals surface area contributed by atoms with Crippen molar-refractivity contribution in [1.82, 2.24) is 4.90 Å². The predicted octanol–water partition coefficient (Wildman–Crippen LogP) is 2.94. The first-order valence-electron chi connectivity index (χ1n) is 9.97. The predicted molar refractivity (Wildman–Crippen MR) is 97.5 cm³/mol. The van der Waals surface area contributed by atoms with Crippen LogP contribution in [-0.2, 0) is 15.0 Å². The van der Waals surface area contributed by atoms with E-state index >= 15 is 0 Å². The van der Waals surface area contributed by atoms with Crippen molar-refractivity contribution in [2.24, 2.45) is 5.92 Å². The third-order valence-electron chi connectivity index (χ3n) is 6.44. The Labute approximate surface area is 151 Å². The lowest BCUT2D eigenvalue weighted by atomic mass is 9.61. The van der Waals surface area contributed by atoms with Gasteiger partial charge in [-0.25, -0.2) is 0 Å². The van der Waals surface area contributed by atoms with Crippen LogP contribution in [0.25, 0.3) is 0 Å². The Kier molecular flexibility index (Phi) is 5.41. The fourth-order valence-corrected chi connectivity index (χ4v) is 5.13. The molecule has 0 bridgehead atoms. The van der Waals surface area contributed by atoms with Gasteiger partial charge >= 0.3 is 0 Å². The topological polar surface area (TPSA) is 41.9 Å². The molecule has 3 fully saturated rings. The van der Waals surface area contributed by atoms with Crippen LogP contribution >= 0.6 is 0 Å². The summed E-state index contributed by atoms with van der Waals surface area (Å²) in [6.07, 6.45) is 6.92. The molecule has 4 nitrogen and oxygen atoms in total. The zero-order valence-electron chi connectivity index (χ0n) is 15.1. The summed E-state index contributed by atoms with van der Waals surface area (Å²) in [5, 5.41) is 10.6. The third-order valence-corrected chi connectivity index (χ3v) is 6.44. The SMILES string of the molecule is O[C@H](COC1CCOCC1)CN1C[C@H]2CCCC[C@@]21c1ccccc1. The molecule has 4 rings (SSSR count). The van der Waals surface area contributed by atoms with Crippen molar-refractivity contribution in [3.8, 4) is 0 Å². The summed E-state index contributed by atoms with van der Waals surface area (Å²) < 4.78 is 11.3. The Morgan fingerprint density at radius 3 is 2.72 bits per heavy atom. The van der Waals surface area contributed by atoms with E-state index in [0.717, 1.165) is 38.5 Å². The first-order valence-corrected chi connectivity index (χ1v) is 9.97. The van der Waals surface area contributed by atoms with Gasteiger partial charge in [0.25, 0.3) is 0 Å². The molecule has 25 heavy (non-hydrogen) atoms. The van der Waals surface area contributed by atoms with Gasteiger partial charge < -0.3 is 14.6 Å². The Morgan fingerprint density at radius 1 is 1.16 bits per heavy atom. The first-order chi connectivity index (χ1) is 12.3. The number of nitrogens with zero attached hydrogens (tertiary/aromatic N) is 1. The smallest absolute Gasteiger partial charge is 0.0900 e. The molecule has 2 aliphatic heterocycles. The third kappa shape index (κ3) is 3.50. The molecule has 1 N–H and O–H groups in total. The molecule has 0 spiro atoms. The number of hydrogen-bond donors (Lipinski definition) is 1. The average Bonchev–Trinajstić information content (AvgIpc) is 2.66. The number of hydrogen-bond acceptors (Lipinski definition) is 4. The van der Waals surface area contributed by atoms with E-state index in [2.05, 4.69) is 35.2 Å². The Hall–Kier alpha value is -0.940. The summed E-state index contributed by atoms with van der Waals surface area (Å²) in [4.78, 5) is 2.52. The number of benzene rings is 1. The largest absolute Gasteiger partial charge is 0.389 e. The van der Waals surface area contributed by atoms with Crippen LogP contribution in [0.2, 0.25) is 0 Å². The molecule has 3 aliphatic rings. The number of aliphatic hydroxyl groups is 1. The molecule has 1 aliphatic carbocycles.